The van der Waals surface area contributed by atoms with Crippen LogP contribution in [0.4, 0.5) is 5.69 Å². The van der Waals surface area contributed by atoms with Gasteiger partial charge >= 0.3 is 0 Å². The molecule has 1 N–H and O–H groups in total. The predicted molar refractivity (Wildman–Crippen MR) is 109 cm³/mol. The minimum atomic E-state index is -0.429. The van der Waals surface area contributed by atoms with Crippen LogP contribution in [0.3, 0.4) is 0 Å². The van der Waals surface area contributed by atoms with Crippen LogP contribution in [0.1, 0.15) is 13.8 Å². The smallest absolute Gasteiger partial charge is 0.262 e. The van der Waals surface area contributed by atoms with Gasteiger partial charge in [0, 0.05) is 18.3 Å². The molecule has 0 aliphatic rings. The molecule has 3 rings (SSSR count). The monoisotopic (exact) mass is 383 g/mol. The molecule has 1 unspecified atom stereocenters. The van der Waals surface area contributed by atoms with E-state index < -0.39 is 5.25 Å². The number of anilines is 1. The van der Waals surface area contributed by atoms with Crippen LogP contribution < -0.4 is 15.6 Å². The first-order valence-electron chi connectivity index (χ1n) is 8.64. The fourth-order valence-corrected chi connectivity index (χ4v) is 3.65. The van der Waals surface area contributed by atoms with E-state index in [9.17, 15) is 9.59 Å². The molecule has 1 atom stereocenters. The van der Waals surface area contributed by atoms with E-state index in [2.05, 4.69) is 10.3 Å². The Kier molecular flexibility index (Phi) is 5.81. The number of ether oxygens (including phenoxy) is 1. The largest absolute Gasteiger partial charge is 0.497 e. The molecule has 7 heteroatoms. The number of benzene rings is 2. The molecule has 1 aromatic heterocycles. The first kappa shape index (κ1) is 19.0. The molecule has 1 heterocycles. The average molecular weight is 383 g/mol. The zero-order valence-corrected chi connectivity index (χ0v) is 16.2. The number of rotatable bonds is 6. The number of fused-ring (bicyclic) bond motifs is 1. The van der Waals surface area contributed by atoms with E-state index in [1.165, 1.54) is 11.8 Å². The Labute approximate surface area is 161 Å². The van der Waals surface area contributed by atoms with E-state index in [-0.39, 0.29) is 11.5 Å². The van der Waals surface area contributed by atoms with Crippen LogP contribution in [0, 0.1) is 0 Å². The van der Waals surface area contributed by atoms with Crippen molar-refractivity contribution < 1.29 is 9.53 Å². The molecular formula is C20H21N3O3S. The number of nitrogens with one attached hydrogen (secondary N) is 1. The number of amides is 1. The Morgan fingerprint density at radius 1 is 1.26 bits per heavy atom. The Bertz CT molecular complexity index is 1030. The topological polar surface area (TPSA) is 73.2 Å². The van der Waals surface area contributed by atoms with E-state index in [0.717, 1.165) is 0 Å². The molecule has 0 saturated heterocycles. The van der Waals surface area contributed by atoms with Crippen LogP contribution in [-0.4, -0.2) is 27.8 Å². The summed E-state index contributed by atoms with van der Waals surface area (Å²) in [5, 5.41) is 3.56. The molecule has 0 aliphatic heterocycles. The molecule has 0 bridgehead atoms. The standard InChI is InChI=1S/C20H21N3O3S/c1-4-23-19(25)16-10-5-6-11-17(16)22-20(23)27-13(2)18(24)21-14-8-7-9-15(12-14)26-3/h5-13H,4H2,1-3H3,(H,21,24). The third-order valence-electron chi connectivity index (χ3n) is 4.13. The quantitative estimate of drug-likeness (QED) is 0.521. The zero-order valence-electron chi connectivity index (χ0n) is 15.4. The lowest BCUT2D eigenvalue weighted by molar-refractivity contribution is -0.115. The zero-order chi connectivity index (χ0) is 19.4. The van der Waals surface area contributed by atoms with Crippen molar-refractivity contribution in [2.75, 3.05) is 12.4 Å². The number of methoxy groups -OCH3 is 1. The molecule has 140 valence electrons. The maximum atomic E-state index is 12.7. The fraction of sp³-hybridized carbons (Fsp3) is 0.250. The number of para-hydroxylation sites is 1. The number of hydrogen-bond acceptors (Lipinski definition) is 5. The molecule has 0 spiro atoms. The highest BCUT2D eigenvalue weighted by atomic mass is 32.2. The number of nitrogens with zero attached hydrogens (tertiary/aromatic N) is 2. The van der Waals surface area contributed by atoms with Gasteiger partial charge in [-0.25, -0.2) is 4.98 Å². The summed E-state index contributed by atoms with van der Waals surface area (Å²) in [5.41, 5.74) is 1.20. The molecular weight excluding hydrogens is 362 g/mol. The second kappa shape index (κ2) is 8.26. The van der Waals surface area contributed by atoms with Crippen LogP contribution in [0.5, 0.6) is 5.75 Å². The van der Waals surface area contributed by atoms with Gasteiger partial charge in [-0.15, -0.1) is 0 Å². The molecule has 0 radical (unpaired) electrons. The third-order valence-corrected chi connectivity index (χ3v) is 5.22. The minimum absolute atomic E-state index is 0.0917. The van der Waals surface area contributed by atoms with Crippen molar-refractivity contribution in [3.05, 3.63) is 58.9 Å². The molecule has 0 saturated carbocycles. The van der Waals surface area contributed by atoms with E-state index in [1.807, 2.05) is 37.3 Å². The van der Waals surface area contributed by atoms with Gasteiger partial charge in [0.1, 0.15) is 5.75 Å². The number of thioether (sulfide) groups is 1. The van der Waals surface area contributed by atoms with Crippen molar-refractivity contribution in [1.29, 1.82) is 0 Å². The van der Waals surface area contributed by atoms with Gasteiger partial charge < -0.3 is 10.1 Å². The van der Waals surface area contributed by atoms with Crippen LogP contribution in [-0.2, 0) is 11.3 Å². The highest BCUT2D eigenvalue weighted by molar-refractivity contribution is 8.00. The lowest BCUT2D eigenvalue weighted by Crippen LogP contribution is -2.26. The van der Waals surface area contributed by atoms with Crippen molar-refractivity contribution in [3.8, 4) is 5.75 Å². The van der Waals surface area contributed by atoms with Crippen LogP contribution in [0.2, 0.25) is 0 Å². The summed E-state index contributed by atoms with van der Waals surface area (Å²) < 4.78 is 6.77. The number of carbonyl (C=O) groups excluding carboxylic acids is 1. The summed E-state index contributed by atoms with van der Waals surface area (Å²) in [6, 6.07) is 14.4. The summed E-state index contributed by atoms with van der Waals surface area (Å²) in [6.45, 7) is 4.17. The second-order valence-corrected chi connectivity index (χ2v) is 7.25. The van der Waals surface area contributed by atoms with E-state index >= 15 is 0 Å². The molecule has 0 fully saturated rings. The maximum Gasteiger partial charge on any atom is 0.262 e. The first-order chi connectivity index (χ1) is 13.0. The van der Waals surface area contributed by atoms with Crippen LogP contribution in [0.15, 0.2) is 58.5 Å². The van der Waals surface area contributed by atoms with Crippen molar-refractivity contribution in [3.63, 3.8) is 0 Å². The van der Waals surface area contributed by atoms with Gasteiger partial charge in [-0.2, -0.15) is 0 Å². The fourth-order valence-electron chi connectivity index (χ4n) is 2.67. The maximum absolute atomic E-state index is 12.7. The molecule has 0 aliphatic carbocycles. The Morgan fingerprint density at radius 2 is 2.04 bits per heavy atom. The first-order valence-corrected chi connectivity index (χ1v) is 9.52. The highest BCUT2D eigenvalue weighted by Gasteiger charge is 2.19. The van der Waals surface area contributed by atoms with Gasteiger partial charge in [0.05, 0.1) is 23.3 Å². The van der Waals surface area contributed by atoms with Crippen LogP contribution in [0.25, 0.3) is 10.9 Å². The van der Waals surface area contributed by atoms with E-state index in [4.69, 9.17) is 4.74 Å². The Hall–Kier alpha value is -2.80. The summed E-state index contributed by atoms with van der Waals surface area (Å²) in [6.07, 6.45) is 0. The molecule has 1 amide bonds. The van der Waals surface area contributed by atoms with Gasteiger partial charge in [0.2, 0.25) is 5.91 Å². The number of carbonyl (C=O) groups is 1. The third kappa shape index (κ3) is 4.14. The lowest BCUT2D eigenvalue weighted by Gasteiger charge is -2.15. The lowest BCUT2D eigenvalue weighted by atomic mass is 10.2. The van der Waals surface area contributed by atoms with Gasteiger partial charge in [0.25, 0.3) is 5.56 Å². The van der Waals surface area contributed by atoms with Crippen molar-refractivity contribution in [2.24, 2.45) is 0 Å². The SMILES string of the molecule is CCn1c(SC(C)C(=O)Nc2cccc(OC)c2)nc2ccccc2c1=O. The van der Waals surface area contributed by atoms with E-state index in [1.54, 1.807) is 36.8 Å². The summed E-state index contributed by atoms with van der Waals surface area (Å²) in [7, 11) is 1.58. The molecule has 2 aromatic carbocycles. The Morgan fingerprint density at radius 3 is 2.78 bits per heavy atom. The van der Waals surface area contributed by atoms with Gasteiger partial charge in [-0.3, -0.25) is 14.2 Å². The molecule has 27 heavy (non-hydrogen) atoms. The van der Waals surface area contributed by atoms with E-state index in [0.29, 0.717) is 34.0 Å². The summed E-state index contributed by atoms with van der Waals surface area (Å²) in [4.78, 5) is 29.9. The molecule has 6 nitrogen and oxygen atoms in total. The average Bonchev–Trinajstić information content (AvgIpc) is 2.68. The Balaban J connectivity index is 1.83. The summed E-state index contributed by atoms with van der Waals surface area (Å²) in [5.74, 6) is 0.502. The van der Waals surface area contributed by atoms with Crippen molar-refractivity contribution >= 4 is 34.3 Å². The second-order valence-electron chi connectivity index (χ2n) is 5.94. The summed E-state index contributed by atoms with van der Waals surface area (Å²) >= 11 is 1.27. The van der Waals surface area contributed by atoms with Gasteiger partial charge in [-0.05, 0) is 38.1 Å². The number of aromatic nitrogens is 2. The van der Waals surface area contributed by atoms with Gasteiger partial charge in [0.15, 0.2) is 5.16 Å². The number of hydrogen-bond donors (Lipinski definition) is 1. The normalized spacial score (nSPS) is 12.0. The minimum Gasteiger partial charge on any atom is -0.497 e. The van der Waals surface area contributed by atoms with Crippen molar-refractivity contribution in [2.45, 2.75) is 30.8 Å². The highest BCUT2D eigenvalue weighted by Crippen LogP contribution is 2.24. The predicted octanol–water partition coefficient (Wildman–Crippen LogP) is 3.54. The molecule has 3 aromatic rings. The van der Waals surface area contributed by atoms with Gasteiger partial charge in [-0.1, -0.05) is 30.0 Å². The van der Waals surface area contributed by atoms with Crippen LogP contribution >= 0.6 is 11.8 Å². The van der Waals surface area contributed by atoms with Crippen molar-refractivity contribution in [1.82, 2.24) is 9.55 Å².